The first-order valence-corrected chi connectivity index (χ1v) is 10.4. The fourth-order valence-electron chi connectivity index (χ4n) is 4.18. The summed E-state index contributed by atoms with van der Waals surface area (Å²) in [5.74, 6) is 2.63. The highest BCUT2D eigenvalue weighted by atomic mass is 16.3. The van der Waals surface area contributed by atoms with Gasteiger partial charge in [-0.2, -0.15) is 0 Å². The summed E-state index contributed by atoms with van der Waals surface area (Å²) >= 11 is 0. The Bertz CT molecular complexity index is 1170. The van der Waals surface area contributed by atoms with Crippen molar-refractivity contribution < 1.29 is 4.42 Å². The van der Waals surface area contributed by atoms with Crippen LogP contribution in [0.25, 0.3) is 17.0 Å². The average Bonchev–Trinajstić information content (AvgIpc) is 3.35. The van der Waals surface area contributed by atoms with Crippen molar-refractivity contribution in [1.82, 2.24) is 14.6 Å². The monoisotopic (exact) mass is 402 g/mol. The summed E-state index contributed by atoms with van der Waals surface area (Å²) in [5, 5.41) is 7.86. The molecule has 0 atom stereocenters. The highest BCUT2D eigenvalue weighted by Crippen LogP contribution is 2.33. The van der Waals surface area contributed by atoms with Gasteiger partial charge in [-0.25, -0.2) is 9.50 Å². The SMILES string of the molecule is Cc1ccc(-c2ccc(Nc3cc(N)nn4cc([C@H]5CC[C@H](N)CC5)nc34)cc2)o1. The number of furan rings is 1. The van der Waals surface area contributed by atoms with Gasteiger partial charge in [0.1, 0.15) is 17.3 Å². The maximum Gasteiger partial charge on any atom is 0.177 e. The number of hydrogen-bond acceptors (Lipinski definition) is 6. The molecule has 7 nitrogen and oxygen atoms in total. The molecule has 30 heavy (non-hydrogen) atoms. The van der Waals surface area contributed by atoms with Gasteiger partial charge in [0.2, 0.25) is 0 Å². The standard InChI is InChI=1S/C23H26N6O/c1-14-2-11-21(30-14)16-5-9-18(10-6-16)26-19-12-22(25)28-29-13-20(27-23(19)29)15-3-7-17(24)8-4-15/h2,5-6,9-13,15,17,26H,3-4,7-8,24H2,1H3,(H2,25,28)/t15-,17-. The molecule has 3 heterocycles. The van der Waals surface area contributed by atoms with Crippen LogP contribution in [-0.4, -0.2) is 20.6 Å². The van der Waals surface area contributed by atoms with Crippen LogP contribution in [0, 0.1) is 6.92 Å². The zero-order valence-corrected chi connectivity index (χ0v) is 17.0. The Kier molecular flexibility index (Phi) is 4.67. The Morgan fingerprint density at radius 2 is 1.83 bits per heavy atom. The van der Waals surface area contributed by atoms with E-state index in [9.17, 15) is 0 Å². The molecule has 4 aromatic rings. The second kappa shape index (κ2) is 7.50. The van der Waals surface area contributed by atoms with Crippen LogP contribution in [0.3, 0.4) is 0 Å². The van der Waals surface area contributed by atoms with Gasteiger partial charge < -0.3 is 21.2 Å². The molecule has 5 rings (SSSR count). The molecular formula is C23H26N6O. The van der Waals surface area contributed by atoms with Crippen molar-refractivity contribution in [1.29, 1.82) is 0 Å². The lowest BCUT2D eigenvalue weighted by molar-refractivity contribution is 0.391. The van der Waals surface area contributed by atoms with E-state index in [2.05, 4.69) is 10.4 Å². The van der Waals surface area contributed by atoms with Crippen LogP contribution in [0.1, 0.15) is 43.1 Å². The number of benzene rings is 1. The Balaban J connectivity index is 1.42. The summed E-state index contributed by atoms with van der Waals surface area (Å²) in [6.45, 7) is 1.94. The predicted molar refractivity (Wildman–Crippen MR) is 119 cm³/mol. The van der Waals surface area contributed by atoms with Gasteiger partial charge in [0.05, 0.1) is 17.6 Å². The summed E-state index contributed by atoms with van der Waals surface area (Å²) in [7, 11) is 0. The maximum atomic E-state index is 6.06. The van der Waals surface area contributed by atoms with Crippen molar-refractivity contribution in [2.45, 2.75) is 44.6 Å². The fourth-order valence-corrected chi connectivity index (χ4v) is 4.18. The third kappa shape index (κ3) is 3.64. The van der Waals surface area contributed by atoms with Crippen molar-refractivity contribution >= 4 is 22.8 Å². The van der Waals surface area contributed by atoms with Gasteiger partial charge in [0.25, 0.3) is 0 Å². The van der Waals surface area contributed by atoms with Crippen molar-refractivity contribution in [2.75, 3.05) is 11.1 Å². The summed E-state index contributed by atoms with van der Waals surface area (Å²) in [6, 6.07) is 14.2. The molecule has 0 aliphatic heterocycles. The van der Waals surface area contributed by atoms with Gasteiger partial charge in [0, 0.05) is 29.3 Å². The van der Waals surface area contributed by atoms with E-state index in [1.807, 2.05) is 55.6 Å². The third-order valence-corrected chi connectivity index (χ3v) is 5.84. The molecule has 5 N–H and O–H groups in total. The molecule has 1 saturated carbocycles. The first-order valence-electron chi connectivity index (χ1n) is 10.4. The van der Waals surface area contributed by atoms with Gasteiger partial charge in [-0.1, -0.05) is 0 Å². The molecular weight excluding hydrogens is 376 g/mol. The van der Waals surface area contributed by atoms with Gasteiger partial charge in [-0.05, 0) is 69.0 Å². The van der Waals surface area contributed by atoms with Crippen molar-refractivity contribution in [2.24, 2.45) is 5.73 Å². The number of nitrogens with two attached hydrogens (primary N) is 2. The van der Waals surface area contributed by atoms with Crippen LogP contribution in [0.5, 0.6) is 0 Å². The van der Waals surface area contributed by atoms with Crippen molar-refractivity contribution in [3.63, 3.8) is 0 Å². The predicted octanol–water partition coefficient (Wildman–Crippen LogP) is 4.61. The van der Waals surface area contributed by atoms with Crippen LogP contribution < -0.4 is 16.8 Å². The number of nitrogens with one attached hydrogen (secondary N) is 1. The lowest BCUT2D eigenvalue weighted by atomic mass is 9.85. The number of nitrogens with zero attached hydrogens (tertiary/aromatic N) is 3. The first-order chi connectivity index (χ1) is 14.5. The minimum absolute atomic E-state index is 0.317. The quantitative estimate of drug-likeness (QED) is 0.460. The number of aromatic nitrogens is 3. The molecule has 1 aliphatic carbocycles. The number of imidazole rings is 1. The third-order valence-electron chi connectivity index (χ3n) is 5.84. The highest BCUT2D eigenvalue weighted by molar-refractivity contribution is 5.76. The van der Waals surface area contributed by atoms with Crippen molar-refractivity contribution in [3.8, 4) is 11.3 Å². The van der Waals surface area contributed by atoms with E-state index in [0.717, 1.165) is 65.5 Å². The molecule has 1 fully saturated rings. The lowest BCUT2D eigenvalue weighted by Gasteiger charge is -2.24. The van der Waals surface area contributed by atoms with Gasteiger partial charge in [-0.3, -0.25) is 0 Å². The summed E-state index contributed by atoms with van der Waals surface area (Å²) in [6.07, 6.45) is 6.22. The van der Waals surface area contributed by atoms with Crippen LogP contribution in [0.4, 0.5) is 17.2 Å². The zero-order valence-electron chi connectivity index (χ0n) is 17.0. The zero-order chi connectivity index (χ0) is 20.7. The maximum absolute atomic E-state index is 6.06. The second-order valence-corrected chi connectivity index (χ2v) is 8.14. The molecule has 0 spiro atoms. The lowest BCUT2D eigenvalue weighted by Crippen LogP contribution is -2.25. The van der Waals surface area contributed by atoms with E-state index >= 15 is 0 Å². The summed E-state index contributed by atoms with van der Waals surface area (Å²) < 4.78 is 7.48. The fraction of sp³-hybridized carbons (Fsp3) is 0.304. The normalized spacial score (nSPS) is 19.3. The van der Waals surface area contributed by atoms with E-state index in [1.54, 1.807) is 4.52 Å². The largest absolute Gasteiger partial charge is 0.461 e. The Morgan fingerprint density at radius 3 is 2.53 bits per heavy atom. The summed E-state index contributed by atoms with van der Waals surface area (Å²) in [4.78, 5) is 4.89. The Labute approximate surface area is 175 Å². The van der Waals surface area contributed by atoms with Crippen LogP contribution in [-0.2, 0) is 0 Å². The average molecular weight is 403 g/mol. The Morgan fingerprint density at radius 1 is 1.07 bits per heavy atom. The van der Waals surface area contributed by atoms with Crippen molar-refractivity contribution in [3.05, 3.63) is 60.1 Å². The molecule has 7 heteroatoms. The molecule has 0 unspecified atom stereocenters. The second-order valence-electron chi connectivity index (χ2n) is 8.14. The summed E-state index contributed by atoms with van der Waals surface area (Å²) in [5.41, 5.74) is 16.8. The molecule has 0 bridgehead atoms. The number of aryl methyl sites for hydroxylation is 1. The van der Waals surface area contributed by atoms with Crippen LogP contribution in [0.2, 0.25) is 0 Å². The number of rotatable bonds is 4. The van der Waals surface area contributed by atoms with Crippen LogP contribution in [0.15, 0.2) is 53.1 Å². The van der Waals surface area contributed by atoms with E-state index in [0.29, 0.717) is 17.8 Å². The molecule has 1 aromatic carbocycles. The van der Waals surface area contributed by atoms with Gasteiger partial charge in [-0.15, -0.1) is 5.10 Å². The minimum atomic E-state index is 0.317. The van der Waals surface area contributed by atoms with E-state index in [-0.39, 0.29) is 0 Å². The molecule has 0 saturated heterocycles. The van der Waals surface area contributed by atoms with E-state index in [4.69, 9.17) is 20.9 Å². The number of hydrogen-bond donors (Lipinski definition) is 3. The minimum Gasteiger partial charge on any atom is -0.461 e. The smallest absolute Gasteiger partial charge is 0.177 e. The molecule has 3 aromatic heterocycles. The molecule has 0 amide bonds. The Hall–Kier alpha value is -3.32. The van der Waals surface area contributed by atoms with E-state index in [1.165, 1.54) is 0 Å². The number of fused-ring (bicyclic) bond motifs is 1. The van der Waals surface area contributed by atoms with Gasteiger partial charge in [0.15, 0.2) is 5.65 Å². The molecule has 154 valence electrons. The first kappa shape index (κ1) is 18.7. The molecule has 1 aliphatic rings. The molecule has 0 radical (unpaired) electrons. The number of anilines is 3. The number of nitrogen functional groups attached to an aromatic ring is 1. The van der Waals surface area contributed by atoms with E-state index < -0.39 is 0 Å². The topological polar surface area (TPSA) is 107 Å². The van der Waals surface area contributed by atoms with Gasteiger partial charge >= 0.3 is 0 Å². The highest BCUT2D eigenvalue weighted by Gasteiger charge is 2.23. The van der Waals surface area contributed by atoms with Crippen LogP contribution >= 0.6 is 0 Å².